The number of benzene rings is 1. The molecule has 1 aromatic carbocycles. The van der Waals surface area contributed by atoms with Crippen LogP contribution in [0.4, 0.5) is 5.13 Å². The predicted molar refractivity (Wildman–Crippen MR) is 70.4 cm³/mol. The third-order valence-electron chi connectivity index (χ3n) is 2.72. The van der Waals surface area contributed by atoms with Crippen LogP contribution < -0.4 is 5.32 Å². The summed E-state index contributed by atoms with van der Waals surface area (Å²) in [6.07, 6.45) is 2.92. The highest BCUT2D eigenvalue weighted by atomic mass is 32.1. The van der Waals surface area contributed by atoms with Crippen LogP contribution in [0.1, 0.15) is 21.6 Å². The largest absolute Gasteiger partial charge is 0.365 e. The molecule has 0 bridgehead atoms. The molecule has 2 rings (SSSR count). The van der Waals surface area contributed by atoms with Crippen LogP contribution in [0.25, 0.3) is 0 Å². The second kappa shape index (κ2) is 4.66. The van der Waals surface area contributed by atoms with E-state index in [-0.39, 0.29) is 0 Å². The number of anilines is 1. The first-order valence-corrected chi connectivity index (χ1v) is 6.19. The Morgan fingerprint density at radius 1 is 1.25 bits per heavy atom. The van der Waals surface area contributed by atoms with Gasteiger partial charge in [-0.15, -0.1) is 11.3 Å². The summed E-state index contributed by atoms with van der Waals surface area (Å²) in [6.45, 7) is 4.30. The Kier molecular flexibility index (Phi) is 3.25. The maximum Gasteiger partial charge on any atom is 0.182 e. The van der Waals surface area contributed by atoms with E-state index in [2.05, 4.69) is 42.3 Å². The fourth-order valence-corrected chi connectivity index (χ4v) is 2.42. The summed E-state index contributed by atoms with van der Waals surface area (Å²) in [4.78, 5) is 5.58. The molecule has 0 saturated carbocycles. The summed E-state index contributed by atoms with van der Waals surface area (Å²) in [5.74, 6) is 0. The molecule has 0 radical (unpaired) electrons. The second-order valence-corrected chi connectivity index (χ2v) is 5.09. The number of nitrogens with one attached hydrogen (secondary N) is 1. The smallest absolute Gasteiger partial charge is 0.182 e. The number of hydrogen-bond acceptors (Lipinski definition) is 3. The van der Waals surface area contributed by atoms with Crippen molar-refractivity contribution in [3.05, 3.63) is 46.0 Å². The first-order valence-electron chi connectivity index (χ1n) is 5.37. The second-order valence-electron chi connectivity index (χ2n) is 3.98. The summed E-state index contributed by atoms with van der Waals surface area (Å²) in [6, 6.07) is 6.64. The topological polar surface area (TPSA) is 24.9 Å². The Bertz CT molecular complexity index is 488. The average Bonchev–Trinajstić information content (AvgIpc) is 2.71. The molecule has 0 fully saturated rings. The first kappa shape index (κ1) is 11.1. The van der Waals surface area contributed by atoms with E-state index in [0.717, 1.165) is 11.6 Å². The number of aryl methyl sites for hydroxylation is 2. The van der Waals surface area contributed by atoms with Crippen molar-refractivity contribution in [2.75, 3.05) is 12.4 Å². The SMILES string of the molecule is CNc1ncc(Cc2ccc(C)c(C)c2)s1. The Morgan fingerprint density at radius 3 is 2.69 bits per heavy atom. The minimum atomic E-state index is 0.973. The number of thiazole rings is 1. The van der Waals surface area contributed by atoms with E-state index in [9.17, 15) is 0 Å². The highest BCUT2D eigenvalue weighted by molar-refractivity contribution is 7.15. The number of rotatable bonds is 3. The van der Waals surface area contributed by atoms with Crippen LogP contribution in [0, 0.1) is 13.8 Å². The lowest BCUT2D eigenvalue weighted by Gasteiger charge is -2.03. The van der Waals surface area contributed by atoms with E-state index in [4.69, 9.17) is 0 Å². The molecule has 16 heavy (non-hydrogen) atoms. The van der Waals surface area contributed by atoms with E-state index >= 15 is 0 Å². The summed E-state index contributed by atoms with van der Waals surface area (Å²) in [5, 5.41) is 4.05. The maximum atomic E-state index is 4.28. The average molecular weight is 232 g/mol. The van der Waals surface area contributed by atoms with Crippen molar-refractivity contribution in [1.82, 2.24) is 4.98 Å². The molecule has 84 valence electrons. The van der Waals surface area contributed by atoms with Crippen molar-refractivity contribution in [2.45, 2.75) is 20.3 Å². The van der Waals surface area contributed by atoms with Crippen LogP contribution >= 0.6 is 11.3 Å². The summed E-state index contributed by atoms with van der Waals surface area (Å²) in [7, 11) is 1.90. The van der Waals surface area contributed by atoms with E-state index in [0.29, 0.717) is 0 Å². The van der Waals surface area contributed by atoms with Crippen LogP contribution in [-0.2, 0) is 6.42 Å². The van der Waals surface area contributed by atoms with Crippen molar-refractivity contribution in [3.63, 3.8) is 0 Å². The highest BCUT2D eigenvalue weighted by Crippen LogP contribution is 2.21. The molecule has 0 spiro atoms. The highest BCUT2D eigenvalue weighted by Gasteiger charge is 2.02. The van der Waals surface area contributed by atoms with Gasteiger partial charge in [0.2, 0.25) is 0 Å². The Morgan fingerprint density at radius 2 is 2.06 bits per heavy atom. The van der Waals surface area contributed by atoms with Gasteiger partial charge in [0.05, 0.1) is 0 Å². The molecule has 0 atom stereocenters. The van der Waals surface area contributed by atoms with Crippen molar-refractivity contribution >= 4 is 16.5 Å². The van der Waals surface area contributed by atoms with E-state index in [1.807, 2.05) is 13.2 Å². The van der Waals surface area contributed by atoms with Crippen LogP contribution in [0.2, 0.25) is 0 Å². The molecular formula is C13H16N2S. The van der Waals surface area contributed by atoms with Gasteiger partial charge in [0.15, 0.2) is 5.13 Å². The molecule has 1 aromatic heterocycles. The molecule has 0 aliphatic rings. The standard InChI is InChI=1S/C13H16N2S/c1-9-4-5-11(6-10(9)2)7-12-8-15-13(14-3)16-12/h4-6,8H,7H2,1-3H3,(H,14,15). The molecule has 0 saturated heterocycles. The van der Waals surface area contributed by atoms with E-state index in [1.54, 1.807) is 11.3 Å². The predicted octanol–water partition coefficient (Wildman–Crippen LogP) is 3.39. The van der Waals surface area contributed by atoms with Gasteiger partial charge in [-0.05, 0) is 30.5 Å². The van der Waals surface area contributed by atoms with Crippen LogP contribution in [-0.4, -0.2) is 12.0 Å². The Hall–Kier alpha value is -1.35. The number of aromatic nitrogens is 1. The third kappa shape index (κ3) is 2.42. The van der Waals surface area contributed by atoms with Crippen molar-refractivity contribution in [3.8, 4) is 0 Å². The molecule has 0 aliphatic carbocycles. The van der Waals surface area contributed by atoms with Crippen LogP contribution in [0.3, 0.4) is 0 Å². The van der Waals surface area contributed by atoms with Gasteiger partial charge in [0, 0.05) is 24.5 Å². The third-order valence-corrected chi connectivity index (χ3v) is 3.73. The molecule has 0 amide bonds. The Labute approximate surface area is 100 Å². The molecule has 3 heteroatoms. The van der Waals surface area contributed by atoms with Gasteiger partial charge in [0.1, 0.15) is 0 Å². The quantitative estimate of drug-likeness (QED) is 0.877. The first-order chi connectivity index (χ1) is 7.69. The van der Waals surface area contributed by atoms with E-state index < -0.39 is 0 Å². The lowest BCUT2D eigenvalue weighted by atomic mass is 10.0. The van der Waals surface area contributed by atoms with Crippen LogP contribution in [0.5, 0.6) is 0 Å². The monoisotopic (exact) mass is 232 g/mol. The zero-order valence-electron chi connectivity index (χ0n) is 9.87. The molecule has 0 aliphatic heterocycles. The van der Waals surface area contributed by atoms with Gasteiger partial charge in [-0.25, -0.2) is 4.98 Å². The zero-order chi connectivity index (χ0) is 11.5. The molecule has 1 heterocycles. The summed E-state index contributed by atoms with van der Waals surface area (Å²) in [5.41, 5.74) is 4.06. The molecule has 2 nitrogen and oxygen atoms in total. The summed E-state index contributed by atoms with van der Waals surface area (Å²) >= 11 is 1.72. The molecule has 0 unspecified atom stereocenters. The van der Waals surface area contributed by atoms with Gasteiger partial charge in [0.25, 0.3) is 0 Å². The maximum absolute atomic E-state index is 4.28. The fourth-order valence-electron chi connectivity index (χ4n) is 1.62. The molecular weight excluding hydrogens is 216 g/mol. The summed E-state index contributed by atoms with van der Waals surface area (Å²) < 4.78 is 0. The Balaban J connectivity index is 2.17. The zero-order valence-corrected chi connectivity index (χ0v) is 10.7. The van der Waals surface area contributed by atoms with Crippen molar-refractivity contribution in [1.29, 1.82) is 0 Å². The fraction of sp³-hybridized carbons (Fsp3) is 0.308. The van der Waals surface area contributed by atoms with Crippen LogP contribution in [0.15, 0.2) is 24.4 Å². The lowest BCUT2D eigenvalue weighted by molar-refractivity contribution is 1.19. The minimum Gasteiger partial charge on any atom is -0.365 e. The van der Waals surface area contributed by atoms with Gasteiger partial charge in [-0.1, -0.05) is 18.2 Å². The van der Waals surface area contributed by atoms with Gasteiger partial charge in [-0.3, -0.25) is 0 Å². The van der Waals surface area contributed by atoms with E-state index in [1.165, 1.54) is 21.6 Å². The van der Waals surface area contributed by atoms with Crippen molar-refractivity contribution < 1.29 is 0 Å². The normalized spacial score (nSPS) is 10.4. The lowest BCUT2D eigenvalue weighted by Crippen LogP contribution is -1.88. The van der Waals surface area contributed by atoms with Crippen molar-refractivity contribution in [2.24, 2.45) is 0 Å². The van der Waals surface area contributed by atoms with Gasteiger partial charge < -0.3 is 5.32 Å². The number of nitrogens with zero attached hydrogens (tertiary/aromatic N) is 1. The number of hydrogen-bond donors (Lipinski definition) is 1. The minimum absolute atomic E-state index is 0.973. The molecule has 1 N–H and O–H groups in total. The van der Waals surface area contributed by atoms with Gasteiger partial charge in [-0.2, -0.15) is 0 Å². The van der Waals surface area contributed by atoms with Gasteiger partial charge >= 0.3 is 0 Å². The molecule has 2 aromatic rings.